The normalized spacial score (nSPS) is 14.2. The number of rotatable bonds is 8. The number of carbonyl (C=O) groups is 2. The van der Waals surface area contributed by atoms with Gasteiger partial charge in [-0.05, 0) is 83.1 Å². The van der Waals surface area contributed by atoms with Crippen LogP contribution in [-0.2, 0) is 42.3 Å². The van der Waals surface area contributed by atoms with Gasteiger partial charge in [-0.3, -0.25) is 9.59 Å². The topological polar surface area (TPSA) is 62.6 Å². The van der Waals surface area contributed by atoms with Gasteiger partial charge in [0.05, 0.1) is 18.9 Å². The van der Waals surface area contributed by atoms with E-state index in [1.807, 2.05) is 58.0 Å². The maximum atomic E-state index is 13.9. The summed E-state index contributed by atoms with van der Waals surface area (Å²) in [5.41, 5.74) is 6.17. The van der Waals surface area contributed by atoms with Gasteiger partial charge in [0.25, 0.3) is 11.8 Å². The van der Waals surface area contributed by atoms with Crippen LogP contribution in [0.15, 0.2) is 30.3 Å². The Morgan fingerprint density at radius 3 is 1.89 bits per heavy atom. The second-order valence-electron chi connectivity index (χ2n) is 9.66. The zero-order chi connectivity index (χ0) is 25.1. The van der Waals surface area contributed by atoms with Crippen molar-refractivity contribution in [1.29, 1.82) is 0 Å². The van der Waals surface area contributed by atoms with Crippen molar-refractivity contribution in [3.05, 3.63) is 64.0 Å². The van der Waals surface area contributed by atoms with Gasteiger partial charge in [0.1, 0.15) is 6.16 Å². The molecule has 2 amide bonds. The maximum Gasteiger partial charge on any atom is 0.268 e. The molecule has 35 heavy (non-hydrogen) atoms. The zero-order valence-corrected chi connectivity index (χ0v) is 25.7. The SMILES string of the molecule is [C-]#[N+]c1cc(C)c(NC(=O)C2([P+](CC)(CC)CC(=O)Nc3c(C)cccc3C)CCC2)c(C)c1.[Y]. The van der Waals surface area contributed by atoms with Gasteiger partial charge in [-0.1, -0.05) is 30.3 Å². The summed E-state index contributed by atoms with van der Waals surface area (Å²) >= 11 is 0. The molecule has 1 aliphatic rings. The first-order valence-electron chi connectivity index (χ1n) is 12.2. The summed E-state index contributed by atoms with van der Waals surface area (Å²) in [6.07, 6.45) is 4.85. The molecule has 5 nitrogen and oxygen atoms in total. The summed E-state index contributed by atoms with van der Waals surface area (Å²) in [5.74, 6) is 0.0692. The van der Waals surface area contributed by atoms with Gasteiger partial charge in [-0.25, -0.2) is 4.85 Å². The van der Waals surface area contributed by atoms with Crippen LogP contribution in [0.2, 0.25) is 0 Å². The summed E-state index contributed by atoms with van der Waals surface area (Å²) in [4.78, 5) is 30.8. The molecule has 0 saturated heterocycles. The molecule has 0 atom stereocenters. The second-order valence-corrected chi connectivity index (χ2v) is 14.4. The molecule has 1 radical (unpaired) electrons. The fourth-order valence-electron chi connectivity index (χ4n) is 5.53. The summed E-state index contributed by atoms with van der Waals surface area (Å²) < 4.78 is 0. The van der Waals surface area contributed by atoms with Crippen molar-refractivity contribution in [1.82, 2.24) is 0 Å². The second kappa shape index (κ2) is 12.1. The molecule has 1 aliphatic carbocycles. The van der Waals surface area contributed by atoms with Crippen LogP contribution in [-0.4, -0.2) is 35.5 Å². The molecule has 2 aromatic rings. The van der Waals surface area contributed by atoms with Crippen molar-refractivity contribution in [3.8, 4) is 0 Å². The minimum Gasteiger partial charge on any atom is -0.322 e. The largest absolute Gasteiger partial charge is 0.322 e. The third kappa shape index (κ3) is 5.71. The zero-order valence-electron chi connectivity index (χ0n) is 21.9. The summed E-state index contributed by atoms with van der Waals surface area (Å²) in [5, 5.41) is 5.95. The van der Waals surface area contributed by atoms with Crippen LogP contribution in [0.4, 0.5) is 17.1 Å². The molecule has 0 aliphatic heterocycles. The number of amides is 2. The van der Waals surface area contributed by atoms with Crippen molar-refractivity contribution in [3.63, 3.8) is 0 Å². The summed E-state index contributed by atoms with van der Waals surface area (Å²) in [6.45, 7) is 19.5. The van der Waals surface area contributed by atoms with Gasteiger partial charge >= 0.3 is 0 Å². The van der Waals surface area contributed by atoms with E-state index in [9.17, 15) is 9.59 Å². The Labute approximate surface area is 236 Å². The molecule has 0 heterocycles. The molecule has 1 fully saturated rings. The third-order valence-corrected chi connectivity index (χ3v) is 13.6. The number of carbonyl (C=O) groups excluding carboxylic acids is 2. The fraction of sp³-hybridized carbons (Fsp3) is 0.464. The van der Waals surface area contributed by atoms with Crippen molar-refractivity contribution in [2.45, 2.75) is 66.0 Å². The Morgan fingerprint density at radius 1 is 0.943 bits per heavy atom. The number of anilines is 2. The molecular weight excluding hydrogens is 530 g/mol. The van der Waals surface area contributed by atoms with E-state index in [0.29, 0.717) is 11.8 Å². The van der Waals surface area contributed by atoms with Gasteiger partial charge in [-0.2, -0.15) is 0 Å². The standard InChI is InChI=1S/C28H36N3O2P.Y/c1-8-34(9-2,18-24(32)30-25-19(3)12-10-13-20(25)4)28(14-11-15-28)27(33)31-26-21(5)16-23(29-7)17-22(26)6;/h10,12-13,16-17H,8-9,11,14-15,18H2,1-6H3,(H-,30,31,32,33);/p+1. The van der Waals surface area contributed by atoms with Crippen LogP contribution in [0.3, 0.4) is 0 Å². The molecular formula is C28H37N3O2PY+. The molecule has 2 N–H and O–H groups in total. The third-order valence-electron chi connectivity index (χ3n) is 7.80. The minimum absolute atomic E-state index is 0. The number of hydrogen-bond acceptors (Lipinski definition) is 2. The number of nitrogens with one attached hydrogen (secondary N) is 2. The maximum absolute atomic E-state index is 13.9. The molecule has 0 bridgehead atoms. The smallest absolute Gasteiger partial charge is 0.268 e. The van der Waals surface area contributed by atoms with E-state index in [1.54, 1.807) is 0 Å². The molecule has 183 valence electrons. The van der Waals surface area contributed by atoms with Crippen LogP contribution in [0.1, 0.15) is 55.4 Å². The average molecular weight is 568 g/mol. The van der Waals surface area contributed by atoms with Crippen LogP contribution < -0.4 is 10.6 Å². The van der Waals surface area contributed by atoms with Gasteiger partial charge in [0.15, 0.2) is 10.8 Å². The Bertz CT molecular complexity index is 1100. The minimum atomic E-state index is -1.93. The molecule has 1 saturated carbocycles. The van der Waals surface area contributed by atoms with E-state index in [-0.39, 0.29) is 44.5 Å². The van der Waals surface area contributed by atoms with E-state index in [4.69, 9.17) is 6.57 Å². The number of benzene rings is 2. The van der Waals surface area contributed by atoms with Crippen LogP contribution >= 0.6 is 7.26 Å². The molecule has 0 aromatic heterocycles. The number of para-hydroxylation sites is 1. The molecule has 0 unspecified atom stereocenters. The van der Waals surface area contributed by atoms with E-state index < -0.39 is 12.4 Å². The summed E-state index contributed by atoms with van der Waals surface area (Å²) in [6, 6.07) is 9.66. The predicted molar refractivity (Wildman–Crippen MR) is 145 cm³/mol. The van der Waals surface area contributed by atoms with E-state index in [1.165, 1.54) is 0 Å². The van der Waals surface area contributed by atoms with E-state index >= 15 is 0 Å². The van der Waals surface area contributed by atoms with E-state index in [2.05, 4.69) is 29.3 Å². The first kappa shape index (κ1) is 29.6. The van der Waals surface area contributed by atoms with Gasteiger partial charge in [0.2, 0.25) is 0 Å². The first-order valence-corrected chi connectivity index (χ1v) is 14.5. The molecule has 0 spiro atoms. The van der Waals surface area contributed by atoms with Crippen molar-refractivity contribution in [2.75, 3.05) is 29.1 Å². The van der Waals surface area contributed by atoms with Crippen LogP contribution in [0, 0.1) is 34.3 Å². The van der Waals surface area contributed by atoms with Gasteiger partial charge in [-0.15, -0.1) is 0 Å². The van der Waals surface area contributed by atoms with Crippen molar-refractivity contribution in [2.24, 2.45) is 0 Å². The molecule has 7 heteroatoms. The van der Waals surface area contributed by atoms with Crippen LogP contribution in [0.25, 0.3) is 4.85 Å². The Balaban J connectivity index is 0.00000432. The average Bonchev–Trinajstić information content (AvgIpc) is 2.77. The quantitative estimate of drug-likeness (QED) is 0.266. The number of hydrogen-bond donors (Lipinski definition) is 2. The Morgan fingerprint density at radius 2 is 1.46 bits per heavy atom. The fourth-order valence-corrected chi connectivity index (χ4v) is 10.3. The predicted octanol–water partition coefficient (Wildman–Crippen LogP) is 7.03. The molecule has 3 rings (SSSR count). The van der Waals surface area contributed by atoms with E-state index in [0.717, 1.165) is 65.2 Å². The summed E-state index contributed by atoms with van der Waals surface area (Å²) in [7, 11) is -1.93. The Hall–Kier alpha value is -1.60. The van der Waals surface area contributed by atoms with Gasteiger partial charge < -0.3 is 10.6 Å². The van der Waals surface area contributed by atoms with Crippen LogP contribution in [0.5, 0.6) is 0 Å². The van der Waals surface area contributed by atoms with Gasteiger partial charge in [0, 0.05) is 51.3 Å². The monoisotopic (exact) mass is 567 g/mol. The number of aryl methyl sites for hydroxylation is 4. The van der Waals surface area contributed by atoms with Crippen molar-refractivity contribution < 1.29 is 42.3 Å². The Kier molecular flexibility index (Phi) is 10.2. The van der Waals surface area contributed by atoms with Crippen molar-refractivity contribution >= 4 is 36.1 Å². The number of nitrogens with zero attached hydrogens (tertiary/aromatic N) is 1. The molecule has 2 aromatic carbocycles. The first-order chi connectivity index (χ1) is 16.1.